The Balaban J connectivity index is 1.79. The van der Waals surface area contributed by atoms with Crippen LogP contribution >= 0.6 is 0 Å². The highest BCUT2D eigenvalue weighted by atomic mass is 16.1. The van der Waals surface area contributed by atoms with Crippen LogP contribution in [0.15, 0.2) is 57.0 Å². The molecule has 0 saturated heterocycles. The van der Waals surface area contributed by atoms with Gasteiger partial charge < -0.3 is 5.32 Å². The molecule has 3 heterocycles. The fraction of sp³-hybridized carbons (Fsp3) is 0.481. The van der Waals surface area contributed by atoms with Crippen molar-refractivity contribution in [3.05, 3.63) is 63.8 Å². The normalized spacial score (nSPS) is 25.9. The average molecular weight is 444 g/mol. The number of benzene rings is 1. The van der Waals surface area contributed by atoms with Crippen molar-refractivity contribution in [3.63, 3.8) is 0 Å². The number of allylic oxidation sites excluding steroid dienone is 3. The lowest BCUT2D eigenvalue weighted by Crippen LogP contribution is -2.51. The van der Waals surface area contributed by atoms with Crippen molar-refractivity contribution in [3.8, 4) is 11.1 Å². The fourth-order valence-corrected chi connectivity index (χ4v) is 6.34. The third-order valence-electron chi connectivity index (χ3n) is 7.74. The molecular formula is C27H33N5O. The summed E-state index contributed by atoms with van der Waals surface area (Å²) in [5.41, 5.74) is 8.96. The molecule has 1 aromatic carbocycles. The second-order valence-electron chi connectivity index (χ2n) is 10.6. The molecule has 2 atom stereocenters. The molecule has 5 rings (SSSR count). The molecule has 0 spiro atoms. The molecule has 1 aliphatic carbocycles. The van der Waals surface area contributed by atoms with Crippen LogP contribution in [0.3, 0.4) is 0 Å². The van der Waals surface area contributed by atoms with E-state index < -0.39 is 5.41 Å². The van der Waals surface area contributed by atoms with Gasteiger partial charge in [0.1, 0.15) is 0 Å². The van der Waals surface area contributed by atoms with Gasteiger partial charge in [-0.25, -0.2) is 0 Å². The van der Waals surface area contributed by atoms with Crippen molar-refractivity contribution >= 4 is 5.78 Å². The van der Waals surface area contributed by atoms with Gasteiger partial charge in [-0.3, -0.25) is 9.48 Å². The number of ketones is 1. The Kier molecular flexibility index (Phi) is 4.78. The maximum atomic E-state index is 13.8. The Hall–Kier alpha value is -3.02. The average Bonchev–Trinajstić information content (AvgIpc) is 3.24. The number of carbonyl (C=O) groups excluding carboxylic acids is 1. The number of carbonyl (C=O) groups is 1. The largest absolute Gasteiger partial charge is 0.362 e. The van der Waals surface area contributed by atoms with E-state index in [-0.39, 0.29) is 17.4 Å². The van der Waals surface area contributed by atoms with Gasteiger partial charge in [0.25, 0.3) is 0 Å². The first-order valence-corrected chi connectivity index (χ1v) is 11.9. The summed E-state index contributed by atoms with van der Waals surface area (Å²) >= 11 is 0. The lowest BCUT2D eigenvalue weighted by Gasteiger charge is -2.48. The van der Waals surface area contributed by atoms with E-state index in [0.717, 1.165) is 63.5 Å². The lowest BCUT2D eigenvalue weighted by molar-refractivity contribution is -0.119. The summed E-state index contributed by atoms with van der Waals surface area (Å²) in [7, 11) is 1.98. The van der Waals surface area contributed by atoms with Gasteiger partial charge in [-0.05, 0) is 56.2 Å². The van der Waals surface area contributed by atoms with Crippen LogP contribution in [0, 0.1) is 19.3 Å². The van der Waals surface area contributed by atoms with E-state index >= 15 is 0 Å². The molecule has 1 unspecified atom stereocenters. The number of nitrogens with one attached hydrogen (secondary N) is 1. The van der Waals surface area contributed by atoms with Crippen molar-refractivity contribution in [1.29, 1.82) is 0 Å². The molecule has 2 aliphatic heterocycles. The second kappa shape index (κ2) is 7.24. The van der Waals surface area contributed by atoms with Crippen molar-refractivity contribution < 1.29 is 4.79 Å². The third-order valence-corrected chi connectivity index (χ3v) is 7.74. The SMILES string of the molecule is CC[C@]1(c2cccc(-c3c(C)nn(C)c3C)c2)C2=C(CC(C)(C)CC2=O)NC2N=NC(C)=C21. The predicted molar refractivity (Wildman–Crippen MR) is 130 cm³/mol. The molecule has 0 amide bonds. The Morgan fingerprint density at radius 1 is 1.18 bits per heavy atom. The van der Waals surface area contributed by atoms with E-state index in [1.165, 1.54) is 0 Å². The van der Waals surface area contributed by atoms with Gasteiger partial charge >= 0.3 is 0 Å². The summed E-state index contributed by atoms with van der Waals surface area (Å²) in [5.74, 6) is 0.236. The molecule has 3 aliphatic rings. The lowest BCUT2D eigenvalue weighted by atomic mass is 9.58. The van der Waals surface area contributed by atoms with Crippen molar-refractivity contribution in [1.82, 2.24) is 15.1 Å². The summed E-state index contributed by atoms with van der Waals surface area (Å²) in [6, 6.07) is 8.70. The van der Waals surface area contributed by atoms with E-state index in [4.69, 9.17) is 0 Å². The third kappa shape index (κ3) is 3.06. The van der Waals surface area contributed by atoms with Crippen molar-refractivity contribution in [2.45, 2.75) is 72.4 Å². The number of azo groups is 1. The molecule has 0 fully saturated rings. The molecule has 0 radical (unpaired) electrons. The molecule has 33 heavy (non-hydrogen) atoms. The van der Waals surface area contributed by atoms with Crippen LogP contribution in [-0.4, -0.2) is 21.7 Å². The second-order valence-corrected chi connectivity index (χ2v) is 10.6. The zero-order valence-electron chi connectivity index (χ0n) is 20.7. The molecule has 1 aromatic heterocycles. The van der Waals surface area contributed by atoms with Crippen LogP contribution in [0.4, 0.5) is 0 Å². The van der Waals surface area contributed by atoms with Crippen LogP contribution in [-0.2, 0) is 17.3 Å². The van der Waals surface area contributed by atoms with Crippen LogP contribution < -0.4 is 5.32 Å². The molecule has 6 heteroatoms. The molecule has 1 N–H and O–H groups in total. The highest BCUT2D eigenvalue weighted by Gasteiger charge is 2.53. The predicted octanol–water partition coefficient (Wildman–Crippen LogP) is 5.66. The summed E-state index contributed by atoms with van der Waals surface area (Å²) < 4.78 is 1.93. The minimum Gasteiger partial charge on any atom is -0.362 e. The zero-order valence-corrected chi connectivity index (χ0v) is 20.7. The van der Waals surface area contributed by atoms with E-state index in [2.05, 4.69) is 79.5 Å². The quantitative estimate of drug-likeness (QED) is 0.665. The Morgan fingerprint density at radius 2 is 1.94 bits per heavy atom. The number of nitrogens with zero attached hydrogens (tertiary/aromatic N) is 4. The van der Waals surface area contributed by atoms with Crippen LogP contribution in [0.1, 0.15) is 63.9 Å². The Morgan fingerprint density at radius 3 is 2.61 bits per heavy atom. The summed E-state index contributed by atoms with van der Waals surface area (Å²) in [5, 5.41) is 17.3. The summed E-state index contributed by atoms with van der Waals surface area (Å²) in [4.78, 5) is 13.8. The molecule has 6 nitrogen and oxygen atoms in total. The first kappa shape index (κ1) is 21.8. The maximum Gasteiger partial charge on any atom is 0.165 e. The topological polar surface area (TPSA) is 71.6 Å². The molecule has 0 bridgehead atoms. The van der Waals surface area contributed by atoms with Gasteiger partial charge in [-0.1, -0.05) is 39.0 Å². The number of Topliss-reactive ketones (excluding diaryl/α,β-unsaturated/α-hetero) is 1. The van der Waals surface area contributed by atoms with Gasteiger partial charge in [0, 0.05) is 41.6 Å². The summed E-state index contributed by atoms with van der Waals surface area (Å²) in [6.45, 7) is 12.7. The minimum atomic E-state index is -0.535. The van der Waals surface area contributed by atoms with E-state index in [0.29, 0.717) is 6.42 Å². The first-order valence-electron chi connectivity index (χ1n) is 11.9. The first-order chi connectivity index (χ1) is 15.6. The monoisotopic (exact) mass is 443 g/mol. The van der Waals surface area contributed by atoms with Gasteiger partial charge in [0.15, 0.2) is 11.9 Å². The molecule has 2 aromatic rings. The molecule has 172 valence electrons. The number of rotatable bonds is 3. The van der Waals surface area contributed by atoms with Crippen LogP contribution in [0.2, 0.25) is 0 Å². The van der Waals surface area contributed by atoms with E-state index in [1.807, 2.05) is 18.7 Å². The highest BCUT2D eigenvalue weighted by Crippen LogP contribution is 2.55. The van der Waals surface area contributed by atoms with E-state index in [9.17, 15) is 4.79 Å². The van der Waals surface area contributed by atoms with Gasteiger partial charge in [-0.15, -0.1) is 0 Å². The minimum absolute atomic E-state index is 0.0693. The van der Waals surface area contributed by atoms with Crippen molar-refractivity contribution in [2.24, 2.45) is 22.7 Å². The van der Waals surface area contributed by atoms with Gasteiger partial charge in [0.05, 0.1) is 16.8 Å². The molecular weight excluding hydrogens is 410 g/mol. The smallest absolute Gasteiger partial charge is 0.165 e. The summed E-state index contributed by atoms with van der Waals surface area (Å²) in [6.07, 6.45) is 1.97. The van der Waals surface area contributed by atoms with Crippen LogP contribution in [0.25, 0.3) is 11.1 Å². The maximum absolute atomic E-state index is 13.8. The van der Waals surface area contributed by atoms with Gasteiger partial charge in [0.2, 0.25) is 0 Å². The molecule has 0 saturated carbocycles. The number of fused-ring (bicyclic) bond motifs is 1. The van der Waals surface area contributed by atoms with Crippen molar-refractivity contribution in [2.75, 3.05) is 0 Å². The fourth-order valence-electron chi connectivity index (χ4n) is 6.34. The highest BCUT2D eigenvalue weighted by molar-refractivity contribution is 6.01. The Bertz CT molecular complexity index is 1280. The number of hydrogen-bond donors (Lipinski definition) is 1. The Labute approximate surface area is 195 Å². The van der Waals surface area contributed by atoms with Crippen LogP contribution in [0.5, 0.6) is 0 Å². The number of hydrogen-bond acceptors (Lipinski definition) is 5. The number of aromatic nitrogens is 2. The standard InChI is InChI=1S/C27H33N5O/c1-8-27(19-11-9-10-18(12-19)22-15(2)31-32(7)17(22)4)23-16(3)29-30-25(23)28-20-13-26(5,6)14-21(33)24(20)27/h9-12,25,28H,8,13-14H2,1-7H3/t25?,27-/m1/s1. The number of aryl methyl sites for hydroxylation is 2. The van der Waals surface area contributed by atoms with Gasteiger partial charge in [-0.2, -0.15) is 15.3 Å². The zero-order chi connectivity index (χ0) is 23.7. The van der Waals surface area contributed by atoms with E-state index in [1.54, 1.807) is 0 Å².